The Morgan fingerprint density at radius 2 is 1.88 bits per heavy atom. The van der Waals surface area contributed by atoms with Crippen LogP contribution in [0.5, 0.6) is 0 Å². The molecule has 0 amide bonds. The fraction of sp³-hybridized carbons (Fsp3) is 0.100. The Morgan fingerprint density at radius 3 is 2.80 bits per heavy atom. The molecule has 0 spiro atoms. The summed E-state index contributed by atoms with van der Waals surface area (Å²) in [5.74, 6) is 0.376. The van der Waals surface area contributed by atoms with Crippen LogP contribution in [0, 0.1) is 5.82 Å². The monoisotopic (exact) mass is 332 g/mol. The van der Waals surface area contributed by atoms with Gasteiger partial charge < -0.3 is 10.3 Å². The Bertz CT molecular complexity index is 1010. The highest BCUT2D eigenvalue weighted by Crippen LogP contribution is 2.24. The smallest absolute Gasteiger partial charge is 0.152 e. The highest BCUT2D eigenvalue weighted by molar-refractivity contribution is 5.83. The van der Waals surface area contributed by atoms with Crippen LogP contribution in [0.3, 0.4) is 0 Å². The van der Waals surface area contributed by atoms with Gasteiger partial charge in [-0.3, -0.25) is 4.98 Å². The molecule has 2 heterocycles. The van der Waals surface area contributed by atoms with Crippen molar-refractivity contribution in [3.8, 4) is 11.3 Å². The minimum atomic E-state index is -0.284. The zero-order chi connectivity index (χ0) is 17.1. The van der Waals surface area contributed by atoms with Gasteiger partial charge in [0.15, 0.2) is 5.82 Å². The molecule has 2 aromatic heterocycles. The molecule has 124 valence electrons. The molecule has 0 aliphatic rings. The predicted octanol–water partition coefficient (Wildman–Crippen LogP) is 4.42. The first kappa shape index (κ1) is 15.3. The Balaban J connectivity index is 1.52. The number of halogens is 1. The van der Waals surface area contributed by atoms with Crippen molar-refractivity contribution in [2.45, 2.75) is 6.42 Å². The number of hydrogen-bond donors (Lipinski definition) is 2. The van der Waals surface area contributed by atoms with Gasteiger partial charge in [-0.2, -0.15) is 0 Å². The molecule has 2 N–H and O–H groups in total. The summed E-state index contributed by atoms with van der Waals surface area (Å²) >= 11 is 0. The van der Waals surface area contributed by atoms with E-state index in [1.54, 1.807) is 18.5 Å². The first-order chi connectivity index (χ1) is 12.3. The first-order valence-electron chi connectivity index (χ1n) is 8.17. The number of benzene rings is 2. The van der Waals surface area contributed by atoms with Gasteiger partial charge in [0.1, 0.15) is 11.5 Å². The number of nitrogens with zero attached hydrogens (tertiary/aromatic N) is 2. The second-order valence-corrected chi connectivity index (χ2v) is 5.80. The zero-order valence-electron chi connectivity index (χ0n) is 13.5. The van der Waals surface area contributed by atoms with E-state index >= 15 is 0 Å². The van der Waals surface area contributed by atoms with Gasteiger partial charge in [0.25, 0.3) is 0 Å². The van der Waals surface area contributed by atoms with Crippen LogP contribution in [0.2, 0.25) is 0 Å². The molecule has 5 heteroatoms. The number of hydrogen-bond acceptors (Lipinski definition) is 3. The fourth-order valence-corrected chi connectivity index (χ4v) is 2.97. The van der Waals surface area contributed by atoms with E-state index < -0.39 is 0 Å². The number of fused-ring (bicyclic) bond motifs is 1. The van der Waals surface area contributed by atoms with Crippen molar-refractivity contribution in [3.63, 3.8) is 0 Å². The van der Waals surface area contributed by atoms with E-state index in [1.807, 2.05) is 24.4 Å². The second kappa shape index (κ2) is 6.73. The van der Waals surface area contributed by atoms with Crippen LogP contribution in [0.4, 0.5) is 10.2 Å². The van der Waals surface area contributed by atoms with E-state index in [-0.39, 0.29) is 5.82 Å². The molecule has 0 saturated heterocycles. The summed E-state index contributed by atoms with van der Waals surface area (Å²) in [6, 6.07) is 14.6. The summed E-state index contributed by atoms with van der Waals surface area (Å²) < 4.78 is 13.5. The van der Waals surface area contributed by atoms with E-state index in [1.165, 1.54) is 23.1 Å². The predicted molar refractivity (Wildman–Crippen MR) is 97.9 cm³/mol. The average molecular weight is 332 g/mol. The maximum absolute atomic E-state index is 13.5. The highest BCUT2D eigenvalue weighted by Gasteiger charge is 2.09. The van der Waals surface area contributed by atoms with Crippen molar-refractivity contribution in [1.82, 2.24) is 15.0 Å². The minimum absolute atomic E-state index is 0.284. The largest absolute Gasteiger partial charge is 0.368 e. The number of rotatable bonds is 5. The molecule has 25 heavy (non-hydrogen) atoms. The van der Waals surface area contributed by atoms with Crippen molar-refractivity contribution in [1.29, 1.82) is 0 Å². The molecule has 0 radical (unpaired) electrons. The number of anilines is 1. The van der Waals surface area contributed by atoms with Crippen molar-refractivity contribution in [2.75, 3.05) is 11.9 Å². The van der Waals surface area contributed by atoms with Gasteiger partial charge in [-0.15, -0.1) is 0 Å². The number of para-hydroxylation sites is 1. The van der Waals surface area contributed by atoms with Crippen molar-refractivity contribution in [2.24, 2.45) is 0 Å². The van der Waals surface area contributed by atoms with Gasteiger partial charge in [-0.25, -0.2) is 9.37 Å². The fourth-order valence-electron chi connectivity index (χ4n) is 2.97. The standard InChI is InChI=1S/C20H17FN4/c21-16-5-3-4-14(12-16)19-20(24-11-10-22-19)23-9-8-15-13-25-18-7-2-1-6-17(15)18/h1-7,10-13,25H,8-9H2,(H,23,24). The molecule has 2 aromatic carbocycles. The molecule has 0 saturated carbocycles. The topological polar surface area (TPSA) is 53.6 Å². The molecule has 4 aromatic rings. The molecule has 4 nitrogen and oxygen atoms in total. The SMILES string of the molecule is Fc1cccc(-c2nccnc2NCCc2c[nH]c3ccccc23)c1. The maximum Gasteiger partial charge on any atom is 0.152 e. The third-order valence-corrected chi connectivity index (χ3v) is 4.16. The Morgan fingerprint density at radius 1 is 1.00 bits per heavy atom. The summed E-state index contributed by atoms with van der Waals surface area (Å²) in [6.07, 6.45) is 6.14. The highest BCUT2D eigenvalue weighted by atomic mass is 19.1. The van der Waals surface area contributed by atoms with E-state index in [9.17, 15) is 4.39 Å². The Labute approximate surface area is 144 Å². The van der Waals surface area contributed by atoms with Gasteiger partial charge >= 0.3 is 0 Å². The summed E-state index contributed by atoms with van der Waals surface area (Å²) in [6.45, 7) is 0.711. The van der Waals surface area contributed by atoms with Crippen LogP contribution < -0.4 is 5.32 Å². The van der Waals surface area contributed by atoms with E-state index in [2.05, 4.69) is 32.4 Å². The van der Waals surface area contributed by atoms with Crippen molar-refractivity contribution in [3.05, 3.63) is 78.5 Å². The van der Waals surface area contributed by atoms with Gasteiger partial charge in [0, 0.05) is 41.6 Å². The lowest BCUT2D eigenvalue weighted by Crippen LogP contribution is -2.08. The van der Waals surface area contributed by atoms with Crippen LogP contribution >= 0.6 is 0 Å². The molecule has 0 bridgehead atoms. The lowest BCUT2D eigenvalue weighted by molar-refractivity contribution is 0.628. The second-order valence-electron chi connectivity index (χ2n) is 5.80. The number of H-pyrrole nitrogens is 1. The third-order valence-electron chi connectivity index (χ3n) is 4.16. The summed E-state index contributed by atoms with van der Waals surface area (Å²) in [4.78, 5) is 12.0. The number of nitrogens with one attached hydrogen (secondary N) is 2. The van der Waals surface area contributed by atoms with Gasteiger partial charge in [0.2, 0.25) is 0 Å². The average Bonchev–Trinajstić information content (AvgIpc) is 3.05. The molecule has 0 fully saturated rings. The van der Waals surface area contributed by atoms with E-state index in [4.69, 9.17) is 0 Å². The summed E-state index contributed by atoms with van der Waals surface area (Å²) in [5.41, 5.74) is 3.75. The lowest BCUT2D eigenvalue weighted by atomic mass is 10.1. The van der Waals surface area contributed by atoms with Crippen LogP contribution in [0.25, 0.3) is 22.2 Å². The van der Waals surface area contributed by atoms with Crippen LogP contribution in [-0.2, 0) is 6.42 Å². The van der Waals surface area contributed by atoms with E-state index in [0.29, 0.717) is 23.6 Å². The summed E-state index contributed by atoms with van der Waals surface area (Å²) in [7, 11) is 0. The van der Waals surface area contributed by atoms with Crippen LogP contribution in [0.1, 0.15) is 5.56 Å². The quantitative estimate of drug-likeness (QED) is 0.569. The Kier molecular flexibility index (Phi) is 4.12. The number of aromatic amines is 1. The first-order valence-corrected chi connectivity index (χ1v) is 8.17. The van der Waals surface area contributed by atoms with E-state index in [0.717, 1.165) is 11.9 Å². The third kappa shape index (κ3) is 3.21. The van der Waals surface area contributed by atoms with Crippen molar-refractivity contribution >= 4 is 16.7 Å². The molecular weight excluding hydrogens is 315 g/mol. The zero-order valence-corrected chi connectivity index (χ0v) is 13.5. The molecule has 0 atom stereocenters. The molecule has 0 unspecified atom stereocenters. The molecular formula is C20H17FN4. The normalized spacial score (nSPS) is 10.9. The van der Waals surface area contributed by atoms with Crippen LogP contribution in [0.15, 0.2) is 67.1 Å². The lowest BCUT2D eigenvalue weighted by Gasteiger charge is -2.10. The number of aromatic nitrogens is 3. The minimum Gasteiger partial charge on any atom is -0.368 e. The van der Waals surface area contributed by atoms with Crippen molar-refractivity contribution < 1.29 is 4.39 Å². The van der Waals surface area contributed by atoms with Gasteiger partial charge in [0.05, 0.1) is 0 Å². The van der Waals surface area contributed by atoms with Gasteiger partial charge in [-0.1, -0.05) is 30.3 Å². The Hall–Kier alpha value is -3.21. The molecule has 0 aliphatic heterocycles. The summed E-state index contributed by atoms with van der Waals surface area (Å²) in [5, 5.41) is 4.55. The maximum atomic E-state index is 13.5. The molecule has 0 aliphatic carbocycles. The van der Waals surface area contributed by atoms with Gasteiger partial charge in [-0.05, 0) is 30.2 Å². The van der Waals surface area contributed by atoms with Crippen LogP contribution in [-0.4, -0.2) is 21.5 Å². The molecule has 4 rings (SSSR count).